The molecule has 0 rings (SSSR count). The fourth-order valence-corrected chi connectivity index (χ4v) is 0.398. The van der Waals surface area contributed by atoms with Crippen molar-refractivity contribution >= 4 is 11.9 Å². The molecule has 12 heavy (non-hydrogen) atoms. The Morgan fingerprint density at radius 2 is 2.00 bits per heavy atom. The van der Waals surface area contributed by atoms with Gasteiger partial charge in [-0.15, -0.1) is 0 Å². The molecule has 0 radical (unpaired) electrons. The number of carbonyl (C=O) groups is 2. The van der Waals surface area contributed by atoms with Gasteiger partial charge < -0.3 is 14.6 Å². The molecule has 0 saturated carbocycles. The maximum atomic E-state index is 10.6. The standard InChI is InChI=1S/C7H10O4.Li/c1-3-4-6(8)11-5(2)7(9)10;/h3-5H,1-2H3,(H,9,10);/q;+1/p-1. The fraction of sp³-hybridized carbons (Fsp3) is 0.429. The van der Waals surface area contributed by atoms with Gasteiger partial charge >= 0.3 is 24.8 Å². The third-order valence-corrected chi connectivity index (χ3v) is 0.928. The Balaban J connectivity index is 0. The van der Waals surface area contributed by atoms with Gasteiger partial charge in [-0.1, -0.05) is 6.08 Å². The van der Waals surface area contributed by atoms with Crippen LogP contribution in [0.1, 0.15) is 13.8 Å². The van der Waals surface area contributed by atoms with Gasteiger partial charge in [-0.3, -0.25) is 0 Å². The van der Waals surface area contributed by atoms with E-state index < -0.39 is 18.0 Å². The van der Waals surface area contributed by atoms with E-state index in [1.807, 2.05) is 0 Å². The van der Waals surface area contributed by atoms with E-state index in [1.165, 1.54) is 13.0 Å². The predicted octanol–water partition coefficient (Wildman–Crippen LogP) is -3.75. The van der Waals surface area contributed by atoms with Gasteiger partial charge in [0.2, 0.25) is 0 Å². The molecule has 0 aromatic heterocycles. The second kappa shape index (κ2) is 6.96. The van der Waals surface area contributed by atoms with Crippen LogP contribution >= 0.6 is 0 Å². The van der Waals surface area contributed by atoms with Gasteiger partial charge in [0, 0.05) is 6.08 Å². The normalized spacial score (nSPS) is 11.8. The van der Waals surface area contributed by atoms with Gasteiger partial charge in [0.05, 0.1) is 5.97 Å². The zero-order valence-corrected chi connectivity index (χ0v) is 7.37. The SMILES string of the molecule is CC=CC(=O)OC(C)C(=O)[O-].[Li+]. The summed E-state index contributed by atoms with van der Waals surface area (Å²) in [5.41, 5.74) is 0. The Morgan fingerprint density at radius 3 is 2.33 bits per heavy atom. The van der Waals surface area contributed by atoms with Crippen molar-refractivity contribution in [3.05, 3.63) is 12.2 Å². The predicted molar refractivity (Wildman–Crippen MR) is 35.4 cm³/mol. The molecule has 0 aliphatic rings. The van der Waals surface area contributed by atoms with Crippen LogP contribution in [0.3, 0.4) is 0 Å². The number of hydrogen-bond donors (Lipinski definition) is 0. The van der Waals surface area contributed by atoms with E-state index in [0.29, 0.717) is 0 Å². The first-order chi connectivity index (χ1) is 5.07. The summed E-state index contributed by atoms with van der Waals surface area (Å²) in [7, 11) is 0. The van der Waals surface area contributed by atoms with Crippen LogP contribution in [0, 0.1) is 0 Å². The largest absolute Gasteiger partial charge is 1.00 e. The van der Waals surface area contributed by atoms with Crippen molar-refractivity contribution in [1.82, 2.24) is 0 Å². The van der Waals surface area contributed by atoms with Gasteiger partial charge in [0.15, 0.2) is 0 Å². The first-order valence-electron chi connectivity index (χ1n) is 3.12. The summed E-state index contributed by atoms with van der Waals surface area (Å²) in [6, 6.07) is 0. The number of hydrogen-bond acceptors (Lipinski definition) is 4. The Morgan fingerprint density at radius 1 is 1.50 bits per heavy atom. The number of rotatable bonds is 3. The first-order valence-corrected chi connectivity index (χ1v) is 3.12. The van der Waals surface area contributed by atoms with E-state index in [2.05, 4.69) is 4.74 Å². The summed E-state index contributed by atoms with van der Waals surface area (Å²) < 4.78 is 4.36. The molecule has 0 spiro atoms. The van der Waals surface area contributed by atoms with E-state index >= 15 is 0 Å². The van der Waals surface area contributed by atoms with Gasteiger partial charge in [-0.05, 0) is 13.8 Å². The van der Waals surface area contributed by atoms with Crippen molar-refractivity contribution in [1.29, 1.82) is 0 Å². The first kappa shape index (κ1) is 13.8. The molecular weight excluding hydrogens is 155 g/mol. The molecule has 1 unspecified atom stereocenters. The molecule has 62 valence electrons. The number of aliphatic carboxylic acids is 1. The summed E-state index contributed by atoms with van der Waals surface area (Å²) in [4.78, 5) is 20.6. The van der Waals surface area contributed by atoms with E-state index in [0.717, 1.165) is 6.08 Å². The zero-order valence-electron chi connectivity index (χ0n) is 7.37. The summed E-state index contributed by atoms with van der Waals surface area (Å²) >= 11 is 0. The number of esters is 1. The van der Waals surface area contributed by atoms with E-state index in [9.17, 15) is 14.7 Å². The smallest absolute Gasteiger partial charge is 0.546 e. The number of ether oxygens (including phenoxy) is 1. The molecule has 0 aromatic rings. The average molecular weight is 164 g/mol. The molecule has 0 aliphatic carbocycles. The molecule has 5 heteroatoms. The summed E-state index contributed by atoms with van der Waals surface area (Å²) in [6.45, 7) is 2.86. The van der Waals surface area contributed by atoms with Crippen LogP contribution in [0.15, 0.2) is 12.2 Å². The molecular formula is C7H9LiO4. The summed E-state index contributed by atoms with van der Waals surface area (Å²) in [5, 5.41) is 10.0. The van der Waals surface area contributed by atoms with Gasteiger partial charge in [-0.25, -0.2) is 4.79 Å². The molecule has 0 saturated heterocycles. The Hall–Kier alpha value is -0.723. The van der Waals surface area contributed by atoms with Gasteiger partial charge in [0.1, 0.15) is 6.10 Å². The van der Waals surface area contributed by atoms with Crippen LogP contribution in [0.25, 0.3) is 0 Å². The van der Waals surface area contributed by atoms with Crippen molar-refractivity contribution in [2.45, 2.75) is 20.0 Å². The number of allylic oxidation sites excluding steroid dienone is 1. The minimum absolute atomic E-state index is 0. The Kier molecular flexibility index (Phi) is 8.02. The molecule has 4 nitrogen and oxygen atoms in total. The topological polar surface area (TPSA) is 66.4 Å². The molecule has 0 bridgehead atoms. The van der Waals surface area contributed by atoms with Crippen LogP contribution in [-0.4, -0.2) is 18.0 Å². The minimum Gasteiger partial charge on any atom is -0.546 e. The quantitative estimate of drug-likeness (QED) is 0.244. The van der Waals surface area contributed by atoms with E-state index in [-0.39, 0.29) is 18.9 Å². The van der Waals surface area contributed by atoms with Crippen LogP contribution in [0.5, 0.6) is 0 Å². The minimum atomic E-state index is -1.40. The molecule has 1 atom stereocenters. The number of carboxylic acid groups (broad SMARTS) is 1. The van der Waals surface area contributed by atoms with Crippen molar-refractivity contribution in [2.75, 3.05) is 0 Å². The number of carbonyl (C=O) groups excluding carboxylic acids is 2. The summed E-state index contributed by atoms with van der Waals surface area (Å²) in [5.74, 6) is -2.08. The molecule has 0 aliphatic heterocycles. The van der Waals surface area contributed by atoms with Gasteiger partial charge in [-0.2, -0.15) is 0 Å². The van der Waals surface area contributed by atoms with Crippen molar-refractivity contribution < 1.29 is 38.3 Å². The average Bonchev–Trinajstić information content (AvgIpc) is 1.87. The Labute approximate surface area is 82.8 Å². The Bertz CT molecular complexity index is 188. The second-order valence-electron chi connectivity index (χ2n) is 1.90. The van der Waals surface area contributed by atoms with E-state index in [4.69, 9.17) is 0 Å². The molecule has 0 heterocycles. The number of carboxylic acids is 1. The van der Waals surface area contributed by atoms with Crippen molar-refractivity contribution in [2.24, 2.45) is 0 Å². The molecule has 0 fully saturated rings. The molecule has 0 amide bonds. The monoisotopic (exact) mass is 164 g/mol. The third kappa shape index (κ3) is 6.02. The molecule has 0 N–H and O–H groups in total. The maximum Gasteiger partial charge on any atom is 1.00 e. The maximum absolute atomic E-state index is 10.6. The van der Waals surface area contributed by atoms with Crippen LogP contribution in [0.2, 0.25) is 0 Å². The van der Waals surface area contributed by atoms with E-state index in [1.54, 1.807) is 6.92 Å². The van der Waals surface area contributed by atoms with Crippen molar-refractivity contribution in [3.63, 3.8) is 0 Å². The third-order valence-electron chi connectivity index (χ3n) is 0.928. The van der Waals surface area contributed by atoms with Gasteiger partial charge in [0.25, 0.3) is 0 Å². The van der Waals surface area contributed by atoms with Crippen LogP contribution < -0.4 is 24.0 Å². The second-order valence-corrected chi connectivity index (χ2v) is 1.90. The summed E-state index contributed by atoms with van der Waals surface area (Å²) in [6.07, 6.45) is 1.41. The fourth-order valence-electron chi connectivity index (χ4n) is 0.398. The zero-order chi connectivity index (χ0) is 8.85. The molecule has 0 aromatic carbocycles. The van der Waals surface area contributed by atoms with Crippen molar-refractivity contribution in [3.8, 4) is 0 Å². The van der Waals surface area contributed by atoms with Crippen LogP contribution in [-0.2, 0) is 14.3 Å². The van der Waals surface area contributed by atoms with Crippen LogP contribution in [0.4, 0.5) is 0 Å².